The van der Waals surface area contributed by atoms with E-state index in [1.165, 1.54) is 0 Å². The lowest BCUT2D eigenvalue weighted by molar-refractivity contribution is 0.0661. The normalized spacial score (nSPS) is 10.5. The van der Waals surface area contributed by atoms with E-state index in [0.717, 1.165) is 21.3 Å². The first-order valence-corrected chi connectivity index (χ1v) is 6.59. The number of furan rings is 1. The second-order valence-electron chi connectivity index (χ2n) is 4.31. The molecule has 0 fully saturated rings. The van der Waals surface area contributed by atoms with Gasteiger partial charge in [0.1, 0.15) is 5.76 Å². The zero-order valence-electron chi connectivity index (χ0n) is 10.7. The molecule has 0 aliphatic carbocycles. The minimum Gasteiger partial charge on any atom is -0.475 e. The van der Waals surface area contributed by atoms with E-state index >= 15 is 0 Å². The Bertz CT molecular complexity index is 619. The van der Waals surface area contributed by atoms with Crippen molar-refractivity contribution in [2.75, 3.05) is 5.32 Å². The Morgan fingerprint density at radius 3 is 2.74 bits per heavy atom. The van der Waals surface area contributed by atoms with E-state index < -0.39 is 5.97 Å². The van der Waals surface area contributed by atoms with E-state index in [2.05, 4.69) is 21.2 Å². The molecule has 1 aromatic heterocycles. The Labute approximate surface area is 119 Å². The first kappa shape index (κ1) is 13.7. The molecule has 100 valence electrons. The van der Waals surface area contributed by atoms with Crippen molar-refractivity contribution in [1.29, 1.82) is 0 Å². The van der Waals surface area contributed by atoms with Crippen LogP contribution in [0.5, 0.6) is 0 Å². The van der Waals surface area contributed by atoms with E-state index in [4.69, 9.17) is 9.52 Å². The number of benzene rings is 1. The maximum atomic E-state index is 10.8. The van der Waals surface area contributed by atoms with E-state index in [0.29, 0.717) is 12.3 Å². The molecule has 2 N–H and O–H groups in total. The third-order valence-corrected chi connectivity index (χ3v) is 3.39. The molecule has 1 heterocycles. The highest BCUT2D eigenvalue weighted by atomic mass is 79.9. The van der Waals surface area contributed by atoms with Gasteiger partial charge >= 0.3 is 5.97 Å². The van der Waals surface area contributed by atoms with Gasteiger partial charge in [0.25, 0.3) is 0 Å². The summed E-state index contributed by atoms with van der Waals surface area (Å²) >= 11 is 3.42. The van der Waals surface area contributed by atoms with Crippen LogP contribution in [-0.4, -0.2) is 11.1 Å². The van der Waals surface area contributed by atoms with E-state index in [-0.39, 0.29) is 5.76 Å². The predicted molar refractivity (Wildman–Crippen MR) is 76.6 cm³/mol. The number of nitrogens with one attached hydrogen (secondary N) is 1. The minimum atomic E-state index is -1.05. The highest BCUT2D eigenvalue weighted by Crippen LogP contribution is 2.22. The lowest BCUT2D eigenvalue weighted by Gasteiger charge is -2.09. The summed E-state index contributed by atoms with van der Waals surface area (Å²) in [7, 11) is 0. The van der Waals surface area contributed by atoms with Crippen molar-refractivity contribution in [2.24, 2.45) is 0 Å². The number of carboxylic acids is 1. The van der Waals surface area contributed by atoms with Crippen LogP contribution in [0.1, 0.15) is 27.4 Å². The van der Waals surface area contributed by atoms with Crippen LogP contribution < -0.4 is 5.32 Å². The summed E-state index contributed by atoms with van der Waals surface area (Å²) < 4.78 is 6.17. The van der Waals surface area contributed by atoms with Crippen LogP contribution in [0.2, 0.25) is 0 Å². The molecule has 0 amide bonds. The van der Waals surface area contributed by atoms with Crippen molar-refractivity contribution in [3.8, 4) is 0 Å². The number of halogens is 1. The summed E-state index contributed by atoms with van der Waals surface area (Å²) in [6, 6.07) is 7.53. The minimum absolute atomic E-state index is 0.0275. The average Bonchev–Trinajstić information content (AvgIpc) is 2.72. The van der Waals surface area contributed by atoms with Crippen LogP contribution in [0, 0.1) is 13.8 Å². The molecule has 2 rings (SSSR count). The number of hydrogen-bond donors (Lipinski definition) is 2. The van der Waals surface area contributed by atoms with Crippen molar-refractivity contribution < 1.29 is 14.3 Å². The third kappa shape index (κ3) is 3.17. The predicted octanol–water partition coefficient (Wildman–Crippen LogP) is 3.97. The molecule has 0 bridgehead atoms. The topological polar surface area (TPSA) is 62.5 Å². The van der Waals surface area contributed by atoms with Crippen LogP contribution in [-0.2, 0) is 6.54 Å². The third-order valence-electron chi connectivity index (χ3n) is 2.90. The molecule has 0 saturated heterocycles. The fourth-order valence-electron chi connectivity index (χ4n) is 1.78. The number of carbonyl (C=O) groups is 1. The molecule has 19 heavy (non-hydrogen) atoms. The van der Waals surface area contributed by atoms with Crippen molar-refractivity contribution in [1.82, 2.24) is 0 Å². The largest absolute Gasteiger partial charge is 0.475 e. The Hall–Kier alpha value is -1.75. The maximum absolute atomic E-state index is 10.8. The van der Waals surface area contributed by atoms with Crippen LogP contribution in [0.25, 0.3) is 0 Å². The maximum Gasteiger partial charge on any atom is 0.371 e. The Kier molecular flexibility index (Phi) is 3.95. The summed E-state index contributed by atoms with van der Waals surface area (Å²) in [5.41, 5.74) is 2.98. The Morgan fingerprint density at radius 2 is 2.11 bits per heavy atom. The molecule has 1 aromatic carbocycles. The SMILES string of the molecule is Cc1ccc(Br)cc1NCc1cc(C(=O)O)oc1C. The molecule has 0 atom stereocenters. The smallest absolute Gasteiger partial charge is 0.371 e. The fraction of sp³-hybridized carbons (Fsp3) is 0.214. The van der Waals surface area contributed by atoms with Crippen LogP contribution in [0.4, 0.5) is 5.69 Å². The molecule has 0 aliphatic heterocycles. The second kappa shape index (κ2) is 5.48. The number of hydrogen-bond acceptors (Lipinski definition) is 3. The van der Waals surface area contributed by atoms with Crippen molar-refractivity contribution in [3.05, 3.63) is 51.4 Å². The van der Waals surface area contributed by atoms with Crippen LogP contribution >= 0.6 is 15.9 Å². The summed E-state index contributed by atoms with van der Waals surface area (Å²) in [5, 5.41) is 12.1. The van der Waals surface area contributed by atoms with E-state index in [9.17, 15) is 4.79 Å². The first-order chi connectivity index (χ1) is 8.97. The van der Waals surface area contributed by atoms with Gasteiger partial charge in [-0.05, 0) is 37.6 Å². The number of rotatable bonds is 4. The lowest BCUT2D eigenvalue weighted by atomic mass is 10.2. The van der Waals surface area contributed by atoms with Crippen LogP contribution in [0.3, 0.4) is 0 Å². The number of carboxylic acid groups (broad SMARTS) is 1. The van der Waals surface area contributed by atoms with Gasteiger partial charge in [-0.3, -0.25) is 0 Å². The van der Waals surface area contributed by atoms with Crippen molar-refractivity contribution in [2.45, 2.75) is 20.4 Å². The molecular formula is C14H14BrNO3. The number of aromatic carboxylic acids is 1. The molecular weight excluding hydrogens is 310 g/mol. The molecule has 0 aliphatic rings. The van der Waals surface area contributed by atoms with Crippen LogP contribution in [0.15, 0.2) is 33.2 Å². The van der Waals surface area contributed by atoms with Crippen molar-refractivity contribution >= 4 is 27.6 Å². The number of anilines is 1. The zero-order valence-corrected chi connectivity index (χ0v) is 12.2. The summed E-state index contributed by atoms with van der Waals surface area (Å²) in [5.74, 6) is -0.453. The van der Waals surface area contributed by atoms with Gasteiger partial charge in [-0.25, -0.2) is 4.79 Å². The van der Waals surface area contributed by atoms with Gasteiger partial charge in [0.15, 0.2) is 0 Å². The zero-order chi connectivity index (χ0) is 14.0. The quantitative estimate of drug-likeness (QED) is 0.893. The molecule has 0 unspecified atom stereocenters. The van der Waals surface area contributed by atoms with E-state index in [1.807, 2.05) is 25.1 Å². The van der Waals surface area contributed by atoms with Gasteiger partial charge in [-0.15, -0.1) is 0 Å². The van der Waals surface area contributed by atoms with Gasteiger partial charge in [-0.1, -0.05) is 22.0 Å². The molecule has 5 heteroatoms. The summed E-state index contributed by atoms with van der Waals surface area (Å²) in [6.45, 7) is 4.30. The lowest BCUT2D eigenvalue weighted by Crippen LogP contribution is -2.01. The Morgan fingerprint density at radius 1 is 1.37 bits per heavy atom. The Balaban J connectivity index is 2.14. The summed E-state index contributed by atoms with van der Waals surface area (Å²) in [6.07, 6.45) is 0. The highest BCUT2D eigenvalue weighted by molar-refractivity contribution is 9.10. The number of aryl methyl sites for hydroxylation is 2. The average molecular weight is 324 g/mol. The monoisotopic (exact) mass is 323 g/mol. The van der Waals surface area contributed by atoms with Gasteiger partial charge in [0.05, 0.1) is 0 Å². The fourth-order valence-corrected chi connectivity index (χ4v) is 2.14. The molecule has 0 radical (unpaired) electrons. The highest BCUT2D eigenvalue weighted by Gasteiger charge is 2.12. The summed E-state index contributed by atoms with van der Waals surface area (Å²) in [4.78, 5) is 10.8. The first-order valence-electron chi connectivity index (χ1n) is 5.80. The molecule has 2 aromatic rings. The van der Waals surface area contributed by atoms with Crippen molar-refractivity contribution in [3.63, 3.8) is 0 Å². The standard InChI is InChI=1S/C14H14BrNO3/c1-8-3-4-11(15)6-12(8)16-7-10-5-13(14(17)18)19-9(10)2/h3-6,16H,7H2,1-2H3,(H,17,18). The van der Waals surface area contributed by atoms with Gasteiger partial charge in [0, 0.05) is 22.3 Å². The molecule has 4 nitrogen and oxygen atoms in total. The second-order valence-corrected chi connectivity index (χ2v) is 5.23. The van der Waals surface area contributed by atoms with Gasteiger partial charge in [0.2, 0.25) is 5.76 Å². The molecule has 0 spiro atoms. The molecule has 0 saturated carbocycles. The van der Waals surface area contributed by atoms with Gasteiger partial charge in [-0.2, -0.15) is 0 Å². The van der Waals surface area contributed by atoms with Gasteiger partial charge < -0.3 is 14.8 Å². The van der Waals surface area contributed by atoms with E-state index in [1.54, 1.807) is 13.0 Å².